The highest BCUT2D eigenvalue weighted by Gasteiger charge is 2.43. The van der Waals surface area contributed by atoms with Gasteiger partial charge in [-0.05, 0) is 107 Å². The third-order valence-electron chi connectivity index (χ3n) is 12.8. The first kappa shape index (κ1) is 32.0. The highest BCUT2D eigenvalue weighted by molar-refractivity contribution is 6.98. The van der Waals surface area contributed by atoms with E-state index in [-0.39, 0.29) is 17.5 Å². The number of fused-ring (bicyclic) bond motifs is 13. The number of hydrogen-bond donors (Lipinski definition) is 0. The lowest BCUT2D eigenvalue weighted by Gasteiger charge is -2.34. The topological polar surface area (TPSA) is 14.8 Å². The fourth-order valence-electron chi connectivity index (χ4n) is 10.3. The summed E-state index contributed by atoms with van der Waals surface area (Å²) in [5.74, 6) is 0. The smallest absolute Gasteiger partial charge is 0.252 e. The third kappa shape index (κ3) is 4.14. The Labute approximate surface area is 318 Å². The van der Waals surface area contributed by atoms with Crippen LogP contribution in [0.2, 0.25) is 0 Å². The lowest BCUT2D eigenvalue weighted by molar-refractivity contribution is 0.590. The first-order chi connectivity index (χ1) is 26.0. The number of aromatic nitrogens is 3. The highest BCUT2D eigenvalue weighted by atomic mass is 15.0. The fraction of sp³-hybridized carbons (Fsp3) is 0.240. The second-order valence-corrected chi connectivity index (χ2v) is 18.1. The van der Waals surface area contributed by atoms with E-state index in [1.165, 1.54) is 105 Å². The van der Waals surface area contributed by atoms with E-state index in [0.717, 1.165) is 25.7 Å². The minimum Gasteiger partial charge on any atom is -0.317 e. The lowest BCUT2D eigenvalue weighted by Crippen LogP contribution is -2.51. The van der Waals surface area contributed by atoms with E-state index in [0.29, 0.717) is 0 Å². The molecule has 5 heterocycles. The van der Waals surface area contributed by atoms with Gasteiger partial charge in [-0.25, -0.2) is 0 Å². The Kier molecular flexibility index (Phi) is 6.41. The third-order valence-corrected chi connectivity index (χ3v) is 12.8. The van der Waals surface area contributed by atoms with Gasteiger partial charge in [0.15, 0.2) is 0 Å². The summed E-state index contributed by atoms with van der Waals surface area (Å²) in [5.41, 5.74) is 19.0. The molecule has 264 valence electrons. The maximum Gasteiger partial charge on any atom is 0.252 e. The van der Waals surface area contributed by atoms with Crippen LogP contribution in [-0.4, -0.2) is 20.4 Å². The molecule has 2 aliphatic heterocycles. The molecule has 3 aromatic heterocycles. The molecular weight excluding hydrogens is 653 g/mol. The molecule has 11 rings (SSSR count). The zero-order valence-electron chi connectivity index (χ0n) is 32.3. The van der Waals surface area contributed by atoms with Gasteiger partial charge in [0, 0.05) is 61.3 Å². The Morgan fingerprint density at radius 3 is 2.28 bits per heavy atom. The van der Waals surface area contributed by atoms with Crippen molar-refractivity contribution in [1.29, 1.82) is 0 Å². The molecule has 0 amide bonds. The summed E-state index contributed by atoms with van der Waals surface area (Å²) in [6, 6.07) is 23.8. The zero-order chi connectivity index (χ0) is 36.8. The van der Waals surface area contributed by atoms with Crippen molar-refractivity contribution >= 4 is 95.8 Å². The molecule has 4 heteroatoms. The summed E-state index contributed by atoms with van der Waals surface area (Å²) < 4.78 is 7.75. The van der Waals surface area contributed by atoms with Gasteiger partial charge in [0.05, 0.1) is 22.1 Å². The van der Waals surface area contributed by atoms with Crippen LogP contribution in [0.4, 0.5) is 0 Å². The molecule has 7 aromatic rings. The van der Waals surface area contributed by atoms with E-state index in [1.807, 2.05) is 6.08 Å². The molecule has 0 fully saturated rings. The van der Waals surface area contributed by atoms with Crippen LogP contribution < -0.4 is 10.9 Å². The Bertz CT molecular complexity index is 3020. The van der Waals surface area contributed by atoms with Crippen LogP contribution in [0.15, 0.2) is 109 Å². The first-order valence-electron chi connectivity index (χ1n) is 19.9. The zero-order valence-corrected chi connectivity index (χ0v) is 32.3. The van der Waals surface area contributed by atoms with Crippen molar-refractivity contribution < 1.29 is 0 Å². The average Bonchev–Trinajstić information content (AvgIpc) is 3.79. The van der Waals surface area contributed by atoms with Crippen LogP contribution in [0.3, 0.4) is 0 Å². The van der Waals surface area contributed by atoms with E-state index < -0.39 is 0 Å². The van der Waals surface area contributed by atoms with Gasteiger partial charge in [-0.1, -0.05) is 109 Å². The SMILES string of the molecule is C=C/C=C1\C2=Cn3c4ccc(C(C)(C)C)cc4c4cc(C(C)(C)C)cc(c43)B2c2c3c4c(n(C5=CC=CCC5)c3cc3c5ccccc5n1c23)CCC=C4. The second-order valence-electron chi connectivity index (χ2n) is 18.1. The number of rotatable bonds is 2. The van der Waals surface area contributed by atoms with Crippen molar-refractivity contribution in [1.82, 2.24) is 13.7 Å². The van der Waals surface area contributed by atoms with Crippen molar-refractivity contribution in [3.05, 3.63) is 132 Å². The summed E-state index contributed by atoms with van der Waals surface area (Å²) in [4.78, 5) is 0. The van der Waals surface area contributed by atoms with Gasteiger partial charge in [-0.2, -0.15) is 0 Å². The molecular formula is C50H46BN3. The molecule has 3 nitrogen and oxygen atoms in total. The molecule has 0 spiro atoms. The predicted octanol–water partition coefficient (Wildman–Crippen LogP) is 11.6. The standard InChI is InChI=1S/C50H46BN3/c1-8-16-43-39-29-52-40-24-23-30(49(2,3)4)25-35(40)36-26-31(50(5,6)7)27-38(47(36)52)51(39)46-45-34-20-13-15-22-42(34)53(32-17-10-9-11-18-32)44(45)28-37-33-19-12-14-21-41(33)54(43)48(37)46/h8-10,12-14,16-17,19-21,23-29H,1,11,15,18,22H2,2-7H3/b43-16+. The van der Waals surface area contributed by atoms with Crippen LogP contribution in [0, 0.1) is 0 Å². The number of benzene rings is 4. The summed E-state index contributed by atoms with van der Waals surface area (Å²) in [5, 5.41) is 6.74. The highest BCUT2D eigenvalue weighted by Crippen LogP contribution is 2.46. The molecule has 0 bridgehead atoms. The molecule has 4 aliphatic rings. The number of allylic oxidation sites excluding steroid dienone is 9. The maximum absolute atomic E-state index is 4.29. The monoisotopic (exact) mass is 699 g/mol. The molecule has 54 heavy (non-hydrogen) atoms. The van der Waals surface area contributed by atoms with Crippen molar-refractivity contribution in [2.45, 2.75) is 78.1 Å². The van der Waals surface area contributed by atoms with E-state index >= 15 is 0 Å². The van der Waals surface area contributed by atoms with Crippen molar-refractivity contribution in [2.75, 3.05) is 0 Å². The molecule has 0 atom stereocenters. The van der Waals surface area contributed by atoms with E-state index in [1.54, 1.807) is 0 Å². The first-order valence-corrected chi connectivity index (χ1v) is 19.9. The van der Waals surface area contributed by atoms with Gasteiger partial charge in [-0.3, -0.25) is 0 Å². The predicted molar refractivity (Wildman–Crippen MR) is 236 cm³/mol. The molecule has 4 aromatic carbocycles. The van der Waals surface area contributed by atoms with Gasteiger partial charge in [-0.15, -0.1) is 0 Å². The number of nitrogens with zero attached hydrogens (tertiary/aromatic N) is 3. The molecule has 2 aliphatic carbocycles. The molecule has 0 N–H and O–H groups in total. The minimum atomic E-state index is -0.0288. The number of para-hydroxylation sites is 1. The minimum absolute atomic E-state index is 0.0288. The van der Waals surface area contributed by atoms with Crippen LogP contribution in [-0.2, 0) is 17.3 Å². The quantitative estimate of drug-likeness (QED) is 0.160. The van der Waals surface area contributed by atoms with E-state index in [4.69, 9.17) is 0 Å². The summed E-state index contributed by atoms with van der Waals surface area (Å²) >= 11 is 0. The molecule has 0 unspecified atom stereocenters. The van der Waals surface area contributed by atoms with Gasteiger partial charge >= 0.3 is 0 Å². The van der Waals surface area contributed by atoms with Crippen LogP contribution >= 0.6 is 0 Å². The second kappa shape index (κ2) is 10.8. The maximum atomic E-state index is 4.29. The molecule has 0 radical (unpaired) electrons. The van der Waals surface area contributed by atoms with Gasteiger partial charge < -0.3 is 13.7 Å². The largest absolute Gasteiger partial charge is 0.317 e. The van der Waals surface area contributed by atoms with E-state index in [9.17, 15) is 0 Å². The van der Waals surface area contributed by atoms with Gasteiger partial charge in [0.2, 0.25) is 0 Å². The average molecular weight is 700 g/mol. The Morgan fingerprint density at radius 1 is 0.722 bits per heavy atom. The fourth-order valence-corrected chi connectivity index (χ4v) is 10.3. The number of hydrogen-bond acceptors (Lipinski definition) is 0. The van der Waals surface area contributed by atoms with Crippen LogP contribution in [0.1, 0.15) is 83.2 Å². The van der Waals surface area contributed by atoms with Crippen LogP contribution in [0.25, 0.3) is 78.2 Å². The normalized spacial score (nSPS) is 17.3. The van der Waals surface area contributed by atoms with Crippen molar-refractivity contribution in [3.63, 3.8) is 0 Å². The van der Waals surface area contributed by atoms with Crippen molar-refractivity contribution in [3.8, 4) is 0 Å². The Morgan fingerprint density at radius 2 is 1.50 bits per heavy atom. The summed E-state index contributed by atoms with van der Waals surface area (Å²) in [6.07, 6.45) is 22.8. The van der Waals surface area contributed by atoms with Crippen molar-refractivity contribution in [2.24, 2.45) is 0 Å². The van der Waals surface area contributed by atoms with Gasteiger partial charge in [0.25, 0.3) is 6.71 Å². The van der Waals surface area contributed by atoms with Gasteiger partial charge in [0.1, 0.15) is 0 Å². The Hall–Kier alpha value is -5.48. The summed E-state index contributed by atoms with van der Waals surface area (Å²) in [6.45, 7) is 18.4. The Balaban J connectivity index is 1.38. The van der Waals surface area contributed by atoms with E-state index in [2.05, 4.69) is 165 Å². The molecule has 0 saturated carbocycles. The summed E-state index contributed by atoms with van der Waals surface area (Å²) in [7, 11) is 0. The molecule has 0 saturated heterocycles. The van der Waals surface area contributed by atoms with Crippen LogP contribution in [0.5, 0.6) is 0 Å². The lowest BCUT2D eigenvalue weighted by atomic mass is 9.33.